The van der Waals surface area contributed by atoms with Crippen LogP contribution in [-0.2, 0) is 10.2 Å². The first kappa shape index (κ1) is 16.4. The number of rotatable bonds is 3. The molecule has 0 unspecified atom stereocenters. The van der Waals surface area contributed by atoms with Crippen molar-refractivity contribution in [2.45, 2.75) is 49.8 Å². The lowest BCUT2D eigenvalue weighted by Gasteiger charge is -2.32. The Morgan fingerprint density at radius 2 is 2.04 bits per heavy atom. The first-order valence-electron chi connectivity index (χ1n) is 8.18. The highest BCUT2D eigenvalue weighted by molar-refractivity contribution is 5.65. The molecule has 1 aliphatic heterocycles. The Kier molecular flexibility index (Phi) is 3.77. The second-order valence-corrected chi connectivity index (χ2v) is 6.80. The molecule has 132 valence electrons. The summed E-state index contributed by atoms with van der Waals surface area (Å²) in [7, 11) is 0. The van der Waals surface area contributed by atoms with Gasteiger partial charge in [-0.25, -0.2) is 9.97 Å². The first-order valence-corrected chi connectivity index (χ1v) is 8.18. The molecule has 0 aromatic carbocycles. The van der Waals surface area contributed by atoms with Crippen molar-refractivity contribution in [1.82, 2.24) is 9.97 Å². The highest BCUT2D eigenvalue weighted by Gasteiger charge is 2.55. The van der Waals surface area contributed by atoms with Gasteiger partial charge in [0.05, 0.1) is 17.4 Å². The summed E-state index contributed by atoms with van der Waals surface area (Å²) in [6, 6.07) is 3.24. The van der Waals surface area contributed by atoms with Gasteiger partial charge in [-0.15, -0.1) is 0 Å². The average Bonchev–Trinajstić information content (AvgIpc) is 3.30. The highest BCUT2D eigenvalue weighted by Crippen LogP contribution is 2.45. The normalized spacial score (nSPS) is 35.1. The van der Waals surface area contributed by atoms with Crippen molar-refractivity contribution >= 4 is 6.08 Å². The van der Waals surface area contributed by atoms with E-state index in [-0.39, 0.29) is 5.76 Å². The van der Waals surface area contributed by atoms with Crippen LogP contribution in [0.2, 0.25) is 0 Å². The minimum absolute atomic E-state index is 0.280. The van der Waals surface area contributed by atoms with Crippen LogP contribution in [0.25, 0.3) is 6.08 Å². The van der Waals surface area contributed by atoms with E-state index >= 15 is 0 Å². The van der Waals surface area contributed by atoms with E-state index in [1.165, 1.54) is 12.6 Å². The molecule has 4 rings (SSSR count). The molecule has 7 nitrogen and oxygen atoms in total. The van der Waals surface area contributed by atoms with E-state index in [0.29, 0.717) is 0 Å². The van der Waals surface area contributed by atoms with Crippen LogP contribution >= 0.6 is 0 Å². The molecule has 0 saturated carbocycles. The molecule has 1 saturated heterocycles. The smallest absolute Gasteiger partial charge is 0.140 e. The van der Waals surface area contributed by atoms with Crippen molar-refractivity contribution in [1.29, 1.82) is 0 Å². The molecule has 0 spiro atoms. The van der Waals surface area contributed by atoms with Gasteiger partial charge in [-0.1, -0.05) is 12.2 Å². The first-order chi connectivity index (χ1) is 11.9. The molecule has 1 fully saturated rings. The Morgan fingerprint density at radius 3 is 2.76 bits per heavy atom. The van der Waals surface area contributed by atoms with E-state index in [2.05, 4.69) is 9.97 Å². The lowest BCUT2D eigenvalue weighted by atomic mass is 9.79. The number of aryl methyl sites for hydroxylation is 1. The fraction of sp³-hybridized carbons (Fsp3) is 0.444. The molecule has 0 bridgehead atoms. The molecule has 0 radical (unpaired) electrons. The number of nitrogens with zero attached hydrogens (tertiary/aromatic N) is 2. The van der Waals surface area contributed by atoms with Crippen molar-refractivity contribution in [3.05, 3.63) is 53.5 Å². The van der Waals surface area contributed by atoms with Crippen LogP contribution < -0.4 is 0 Å². The second-order valence-electron chi connectivity index (χ2n) is 6.80. The van der Waals surface area contributed by atoms with Crippen LogP contribution in [0, 0.1) is 6.92 Å². The van der Waals surface area contributed by atoms with Crippen LogP contribution in [0.5, 0.6) is 0 Å². The largest absolute Gasteiger partial charge is 0.466 e. The van der Waals surface area contributed by atoms with Gasteiger partial charge in [-0.05, 0) is 26.0 Å². The Hall–Kier alpha value is -2.06. The lowest BCUT2D eigenvalue weighted by molar-refractivity contribution is -0.0838. The van der Waals surface area contributed by atoms with Gasteiger partial charge < -0.3 is 24.5 Å². The predicted molar refractivity (Wildman–Crippen MR) is 87.5 cm³/mol. The number of furan rings is 1. The molecule has 2 aliphatic rings. The second kappa shape index (κ2) is 5.74. The van der Waals surface area contributed by atoms with E-state index in [9.17, 15) is 15.3 Å². The summed E-state index contributed by atoms with van der Waals surface area (Å²) in [4.78, 5) is 8.56. The quantitative estimate of drug-likeness (QED) is 0.758. The van der Waals surface area contributed by atoms with Crippen molar-refractivity contribution < 1.29 is 24.5 Å². The maximum absolute atomic E-state index is 10.6. The van der Waals surface area contributed by atoms with Crippen LogP contribution in [0.4, 0.5) is 0 Å². The minimum Gasteiger partial charge on any atom is -0.466 e. The van der Waals surface area contributed by atoms with E-state index in [4.69, 9.17) is 9.15 Å². The van der Waals surface area contributed by atoms with Crippen LogP contribution in [0.15, 0.2) is 35.2 Å². The Labute approximate surface area is 144 Å². The van der Waals surface area contributed by atoms with Gasteiger partial charge in [-0.3, -0.25) is 0 Å². The molecule has 6 atom stereocenters. The molecular weight excluding hydrogens is 324 g/mol. The third kappa shape index (κ3) is 2.35. The number of ether oxygens (including phenoxy) is 1. The van der Waals surface area contributed by atoms with Crippen molar-refractivity contribution in [3.63, 3.8) is 0 Å². The standard InChI is InChI=1S/C18H20N2O5/c1-9-10-5-6-18(2,16(10)20-8-19-9)17-14(23)13(22)15(25-17)12(21)11-4-3-7-24-11/h3-8,12-15,17,21-23H,1-2H3/t12-,13+,14-,15-,17-,18-/m1/s1. The van der Waals surface area contributed by atoms with E-state index in [1.54, 1.807) is 12.1 Å². The molecule has 2 aromatic rings. The zero-order chi connectivity index (χ0) is 17.8. The monoisotopic (exact) mass is 344 g/mol. The van der Waals surface area contributed by atoms with Crippen molar-refractivity contribution in [2.24, 2.45) is 0 Å². The summed E-state index contributed by atoms with van der Waals surface area (Å²) >= 11 is 0. The summed E-state index contributed by atoms with van der Waals surface area (Å²) in [5.74, 6) is 0.280. The average molecular weight is 344 g/mol. The topological polar surface area (TPSA) is 109 Å². The minimum atomic E-state index is -1.25. The summed E-state index contributed by atoms with van der Waals surface area (Å²) in [5.41, 5.74) is 1.74. The summed E-state index contributed by atoms with van der Waals surface area (Å²) in [6.45, 7) is 3.78. The molecule has 2 aromatic heterocycles. The number of hydrogen-bond donors (Lipinski definition) is 3. The third-order valence-electron chi connectivity index (χ3n) is 5.23. The molecule has 1 aliphatic carbocycles. The molecule has 7 heteroatoms. The molecule has 3 heterocycles. The van der Waals surface area contributed by atoms with E-state index in [1.807, 2.05) is 26.0 Å². The van der Waals surface area contributed by atoms with Gasteiger partial charge >= 0.3 is 0 Å². The predicted octanol–water partition coefficient (Wildman–Crippen LogP) is 0.885. The molecule has 3 N–H and O–H groups in total. The summed E-state index contributed by atoms with van der Waals surface area (Å²) < 4.78 is 11.1. The van der Waals surface area contributed by atoms with Crippen molar-refractivity contribution in [2.75, 3.05) is 0 Å². The van der Waals surface area contributed by atoms with Gasteiger partial charge in [0, 0.05) is 11.3 Å². The fourth-order valence-electron chi connectivity index (χ4n) is 3.76. The SMILES string of the molecule is Cc1ncnc2c1C=C[C@@]2(C)[C@@H]1O[C@H]([C@H](O)c2ccco2)[C@@H](O)[C@H]1O. The number of aromatic nitrogens is 2. The number of aliphatic hydroxyl groups is 3. The van der Waals surface area contributed by atoms with Gasteiger partial charge in [0.2, 0.25) is 0 Å². The van der Waals surface area contributed by atoms with Crippen LogP contribution in [-0.4, -0.2) is 49.7 Å². The Morgan fingerprint density at radius 1 is 1.24 bits per heavy atom. The Balaban J connectivity index is 1.67. The fourth-order valence-corrected chi connectivity index (χ4v) is 3.76. The van der Waals surface area contributed by atoms with Crippen LogP contribution in [0.3, 0.4) is 0 Å². The molecule has 25 heavy (non-hydrogen) atoms. The maximum atomic E-state index is 10.6. The highest BCUT2D eigenvalue weighted by atomic mass is 16.6. The van der Waals surface area contributed by atoms with Gasteiger partial charge in [0.15, 0.2) is 0 Å². The summed E-state index contributed by atoms with van der Waals surface area (Å²) in [6.07, 6.45) is 1.37. The Bertz CT molecular complexity index is 806. The third-order valence-corrected chi connectivity index (χ3v) is 5.23. The van der Waals surface area contributed by atoms with Crippen LogP contribution in [0.1, 0.15) is 35.7 Å². The van der Waals surface area contributed by atoms with E-state index in [0.717, 1.165) is 17.0 Å². The maximum Gasteiger partial charge on any atom is 0.140 e. The summed E-state index contributed by atoms with van der Waals surface area (Å²) in [5, 5.41) is 31.5. The number of aliphatic hydroxyl groups excluding tert-OH is 3. The van der Waals surface area contributed by atoms with Gasteiger partial charge in [0.1, 0.15) is 42.6 Å². The number of hydrogen-bond acceptors (Lipinski definition) is 7. The van der Waals surface area contributed by atoms with Gasteiger partial charge in [0.25, 0.3) is 0 Å². The van der Waals surface area contributed by atoms with E-state index < -0.39 is 35.9 Å². The number of fused-ring (bicyclic) bond motifs is 1. The molecular formula is C18H20N2O5. The zero-order valence-electron chi connectivity index (χ0n) is 13.9. The zero-order valence-corrected chi connectivity index (χ0v) is 13.9. The van der Waals surface area contributed by atoms with Gasteiger partial charge in [-0.2, -0.15) is 0 Å². The van der Waals surface area contributed by atoms with Crippen molar-refractivity contribution in [3.8, 4) is 0 Å². The molecule has 0 amide bonds. The lowest BCUT2D eigenvalue weighted by Crippen LogP contribution is -2.44.